The Morgan fingerprint density at radius 1 is 1.00 bits per heavy atom. The van der Waals surface area contributed by atoms with E-state index in [2.05, 4.69) is 9.80 Å². The Bertz CT molecular complexity index is 338. The summed E-state index contributed by atoms with van der Waals surface area (Å²) in [6.07, 6.45) is 9.61. The van der Waals surface area contributed by atoms with E-state index in [1.54, 1.807) is 0 Å². The molecule has 0 aromatic heterocycles. The van der Waals surface area contributed by atoms with Crippen molar-refractivity contribution in [1.82, 2.24) is 9.80 Å². The van der Waals surface area contributed by atoms with Crippen LogP contribution in [-0.4, -0.2) is 54.5 Å². The number of amides is 1. The molecule has 0 unspecified atom stereocenters. The highest BCUT2D eigenvalue weighted by Gasteiger charge is 2.41. The maximum atomic E-state index is 13.0. The van der Waals surface area contributed by atoms with Crippen molar-refractivity contribution in [3.8, 4) is 0 Å². The first kappa shape index (κ1) is 14.3. The van der Waals surface area contributed by atoms with Gasteiger partial charge in [0.05, 0.1) is 5.41 Å². The van der Waals surface area contributed by atoms with E-state index in [9.17, 15) is 4.79 Å². The number of carbonyl (C=O) groups excluding carboxylic acids is 1. The van der Waals surface area contributed by atoms with Crippen molar-refractivity contribution >= 4 is 5.91 Å². The third-order valence-corrected chi connectivity index (χ3v) is 5.57. The van der Waals surface area contributed by atoms with Crippen molar-refractivity contribution < 1.29 is 4.79 Å². The van der Waals surface area contributed by atoms with Gasteiger partial charge in [0.1, 0.15) is 0 Å². The zero-order valence-electron chi connectivity index (χ0n) is 12.6. The Kier molecular flexibility index (Phi) is 4.32. The summed E-state index contributed by atoms with van der Waals surface area (Å²) in [4.78, 5) is 17.6. The monoisotopic (exact) mass is 279 g/mol. The van der Waals surface area contributed by atoms with Crippen molar-refractivity contribution in [3.05, 3.63) is 0 Å². The van der Waals surface area contributed by atoms with Crippen LogP contribution in [0.1, 0.15) is 51.4 Å². The molecule has 3 aliphatic rings. The van der Waals surface area contributed by atoms with Gasteiger partial charge in [-0.25, -0.2) is 0 Å². The third kappa shape index (κ3) is 2.86. The molecule has 1 saturated heterocycles. The zero-order chi connectivity index (χ0) is 14.0. The lowest BCUT2D eigenvalue weighted by Gasteiger charge is -2.40. The molecule has 1 aliphatic heterocycles. The first-order valence-electron chi connectivity index (χ1n) is 8.49. The summed E-state index contributed by atoms with van der Waals surface area (Å²) < 4.78 is 0. The summed E-state index contributed by atoms with van der Waals surface area (Å²) in [6.45, 7) is 4.50. The maximum Gasteiger partial charge on any atom is 0.230 e. The minimum Gasteiger partial charge on any atom is -0.340 e. The van der Waals surface area contributed by atoms with Gasteiger partial charge in [-0.05, 0) is 25.7 Å². The predicted octanol–water partition coefficient (Wildman–Crippen LogP) is 1.59. The SMILES string of the molecule is NCC1(C(=O)N2CCN(C3CC3)CC2)CCCCCC1. The van der Waals surface area contributed by atoms with Gasteiger partial charge in [0.25, 0.3) is 0 Å². The fourth-order valence-corrected chi connectivity index (χ4v) is 3.98. The van der Waals surface area contributed by atoms with E-state index in [0.29, 0.717) is 12.5 Å². The lowest BCUT2D eigenvalue weighted by Crippen LogP contribution is -2.55. The standard InChI is InChI=1S/C16H29N3O/c17-13-16(7-3-1-2-4-8-16)15(20)19-11-9-18(10-12-19)14-5-6-14/h14H,1-13,17H2. The van der Waals surface area contributed by atoms with Gasteiger partial charge in [-0.1, -0.05) is 25.7 Å². The van der Waals surface area contributed by atoms with Crippen molar-refractivity contribution in [2.45, 2.75) is 57.4 Å². The van der Waals surface area contributed by atoms with Gasteiger partial charge in [-0.3, -0.25) is 9.69 Å². The molecule has 2 N–H and O–H groups in total. The summed E-state index contributed by atoms with van der Waals surface area (Å²) in [5, 5.41) is 0. The Balaban J connectivity index is 1.61. The first-order chi connectivity index (χ1) is 9.75. The summed E-state index contributed by atoms with van der Waals surface area (Å²) >= 11 is 0. The topological polar surface area (TPSA) is 49.6 Å². The van der Waals surface area contributed by atoms with E-state index in [0.717, 1.165) is 45.1 Å². The Morgan fingerprint density at radius 3 is 2.10 bits per heavy atom. The molecule has 0 aromatic carbocycles. The fraction of sp³-hybridized carbons (Fsp3) is 0.938. The molecule has 1 heterocycles. The van der Waals surface area contributed by atoms with E-state index in [1.165, 1.54) is 38.5 Å². The molecule has 20 heavy (non-hydrogen) atoms. The highest BCUT2D eigenvalue weighted by atomic mass is 16.2. The second-order valence-electron chi connectivity index (χ2n) is 6.96. The fourth-order valence-electron chi connectivity index (χ4n) is 3.98. The average Bonchev–Trinajstić information content (AvgIpc) is 3.33. The van der Waals surface area contributed by atoms with Crippen molar-refractivity contribution in [1.29, 1.82) is 0 Å². The molecule has 0 atom stereocenters. The van der Waals surface area contributed by atoms with Crippen molar-refractivity contribution in [2.75, 3.05) is 32.7 Å². The summed E-state index contributed by atoms with van der Waals surface area (Å²) in [5.74, 6) is 0.359. The lowest BCUT2D eigenvalue weighted by atomic mass is 9.79. The van der Waals surface area contributed by atoms with Crippen LogP contribution < -0.4 is 5.73 Å². The summed E-state index contributed by atoms with van der Waals surface area (Å²) in [6, 6.07) is 0.827. The lowest BCUT2D eigenvalue weighted by molar-refractivity contribution is -0.144. The highest BCUT2D eigenvalue weighted by molar-refractivity contribution is 5.83. The minimum atomic E-state index is -0.238. The second-order valence-corrected chi connectivity index (χ2v) is 6.96. The number of carbonyl (C=O) groups is 1. The van der Waals surface area contributed by atoms with Gasteiger partial charge in [-0.2, -0.15) is 0 Å². The molecule has 3 fully saturated rings. The van der Waals surface area contributed by atoms with Gasteiger partial charge in [0.15, 0.2) is 0 Å². The van der Waals surface area contributed by atoms with E-state index in [-0.39, 0.29) is 5.41 Å². The van der Waals surface area contributed by atoms with Crippen LogP contribution in [0.25, 0.3) is 0 Å². The molecular weight excluding hydrogens is 250 g/mol. The highest BCUT2D eigenvalue weighted by Crippen LogP contribution is 2.36. The Labute approximate surface area is 122 Å². The predicted molar refractivity (Wildman–Crippen MR) is 80.4 cm³/mol. The normalized spacial score (nSPS) is 28.1. The number of nitrogens with two attached hydrogens (primary N) is 1. The second kappa shape index (κ2) is 6.02. The molecule has 0 radical (unpaired) electrons. The van der Waals surface area contributed by atoms with E-state index < -0.39 is 0 Å². The third-order valence-electron chi connectivity index (χ3n) is 5.57. The van der Waals surface area contributed by atoms with Crippen LogP contribution in [0, 0.1) is 5.41 Å². The van der Waals surface area contributed by atoms with Crippen LogP contribution in [0.2, 0.25) is 0 Å². The summed E-state index contributed by atoms with van der Waals surface area (Å²) in [7, 11) is 0. The molecule has 2 saturated carbocycles. The number of piperazine rings is 1. The number of nitrogens with zero attached hydrogens (tertiary/aromatic N) is 2. The molecule has 0 spiro atoms. The average molecular weight is 279 g/mol. The van der Waals surface area contributed by atoms with Gasteiger partial charge in [0, 0.05) is 38.8 Å². The van der Waals surface area contributed by atoms with Crippen LogP contribution in [0.3, 0.4) is 0 Å². The van der Waals surface area contributed by atoms with E-state index in [4.69, 9.17) is 5.73 Å². The van der Waals surface area contributed by atoms with Crippen molar-refractivity contribution in [3.63, 3.8) is 0 Å². The molecule has 0 aromatic rings. The molecule has 3 rings (SSSR count). The minimum absolute atomic E-state index is 0.238. The Hall–Kier alpha value is -0.610. The van der Waals surface area contributed by atoms with E-state index in [1.807, 2.05) is 0 Å². The summed E-state index contributed by atoms with van der Waals surface area (Å²) in [5.41, 5.74) is 5.81. The molecule has 1 amide bonds. The van der Waals surface area contributed by atoms with Gasteiger partial charge in [0.2, 0.25) is 5.91 Å². The van der Waals surface area contributed by atoms with Crippen LogP contribution in [0.15, 0.2) is 0 Å². The smallest absolute Gasteiger partial charge is 0.230 e. The quantitative estimate of drug-likeness (QED) is 0.798. The molecule has 4 heteroatoms. The molecule has 114 valence electrons. The number of hydrogen-bond acceptors (Lipinski definition) is 3. The van der Waals surface area contributed by atoms with Gasteiger partial charge in [-0.15, -0.1) is 0 Å². The van der Waals surface area contributed by atoms with Gasteiger partial charge >= 0.3 is 0 Å². The largest absolute Gasteiger partial charge is 0.340 e. The first-order valence-corrected chi connectivity index (χ1v) is 8.49. The number of rotatable bonds is 3. The van der Waals surface area contributed by atoms with Crippen LogP contribution in [0.4, 0.5) is 0 Å². The zero-order valence-corrected chi connectivity index (χ0v) is 12.6. The van der Waals surface area contributed by atoms with E-state index >= 15 is 0 Å². The molecular formula is C16H29N3O. The van der Waals surface area contributed by atoms with Crippen LogP contribution >= 0.6 is 0 Å². The maximum absolute atomic E-state index is 13.0. The number of hydrogen-bond donors (Lipinski definition) is 1. The van der Waals surface area contributed by atoms with Crippen LogP contribution in [-0.2, 0) is 4.79 Å². The van der Waals surface area contributed by atoms with Crippen molar-refractivity contribution in [2.24, 2.45) is 11.1 Å². The molecule has 2 aliphatic carbocycles. The van der Waals surface area contributed by atoms with Gasteiger partial charge < -0.3 is 10.6 Å². The molecule has 4 nitrogen and oxygen atoms in total. The molecule has 0 bridgehead atoms. The van der Waals surface area contributed by atoms with Crippen LogP contribution in [0.5, 0.6) is 0 Å². The Morgan fingerprint density at radius 2 is 1.60 bits per heavy atom.